The third-order valence-electron chi connectivity index (χ3n) is 8.10. The van der Waals surface area contributed by atoms with Gasteiger partial charge < -0.3 is 25.8 Å². The van der Waals surface area contributed by atoms with Crippen LogP contribution in [-0.4, -0.2) is 59.4 Å². The summed E-state index contributed by atoms with van der Waals surface area (Å²) in [7, 11) is 1.57. The SMILES string of the molecule is COc1nc(-c2cccc(-c3cccc(-c4ccn5c(=O)c(C=O)c(OCCN)nc5c4)c3Cl)c2Cl)ccc1CNCC1CCC(=O)N1. The minimum Gasteiger partial charge on any atom is -0.481 e. The Kier molecular flexibility index (Phi) is 10.0. The number of aldehydes is 1. The lowest BCUT2D eigenvalue weighted by Crippen LogP contribution is -2.35. The number of nitrogens with zero attached hydrogens (tertiary/aromatic N) is 3. The lowest BCUT2D eigenvalue weighted by Gasteiger charge is -2.16. The molecule has 4 heterocycles. The molecule has 48 heavy (non-hydrogen) atoms. The molecule has 1 fully saturated rings. The number of rotatable bonds is 12. The van der Waals surface area contributed by atoms with E-state index in [2.05, 4.69) is 15.6 Å². The standard InChI is InChI=1S/C35H32Cl2N6O5/c1-47-33-21(17-39-18-22-9-11-30(45)40-22)8-10-28(41-33)26-7-3-6-25(32(26)37)24-5-2-4-23(31(24)36)20-12-14-43-29(16-20)42-34(48-15-13-38)27(19-44)35(43)46/h2-8,10,12,14,16,19,22,39H,9,11,13,15,17-18,38H2,1H3,(H,40,45). The topological polar surface area (TPSA) is 150 Å². The Morgan fingerprint density at radius 2 is 1.73 bits per heavy atom. The average molecular weight is 688 g/mol. The van der Waals surface area contributed by atoms with E-state index in [0.717, 1.165) is 12.0 Å². The second-order valence-electron chi connectivity index (χ2n) is 11.2. The molecule has 3 aromatic heterocycles. The van der Waals surface area contributed by atoms with Crippen LogP contribution in [0.1, 0.15) is 28.8 Å². The number of carbonyl (C=O) groups is 2. The van der Waals surface area contributed by atoms with E-state index in [4.69, 9.17) is 43.4 Å². The van der Waals surface area contributed by atoms with Crippen LogP contribution < -0.4 is 31.4 Å². The maximum Gasteiger partial charge on any atom is 0.272 e. The molecule has 2 aromatic carbocycles. The summed E-state index contributed by atoms with van der Waals surface area (Å²) in [5.41, 5.74) is 10.1. The zero-order valence-electron chi connectivity index (χ0n) is 26.0. The number of halogens is 2. The Hall–Kier alpha value is -4.81. The van der Waals surface area contributed by atoms with Crippen molar-refractivity contribution in [2.75, 3.05) is 26.8 Å². The van der Waals surface area contributed by atoms with E-state index < -0.39 is 5.56 Å². The highest BCUT2D eigenvalue weighted by molar-refractivity contribution is 6.39. The number of hydrogen-bond acceptors (Lipinski definition) is 9. The van der Waals surface area contributed by atoms with E-state index >= 15 is 0 Å². The van der Waals surface area contributed by atoms with Crippen molar-refractivity contribution in [3.8, 4) is 45.3 Å². The highest BCUT2D eigenvalue weighted by Gasteiger charge is 2.21. The first-order valence-electron chi connectivity index (χ1n) is 15.3. The van der Waals surface area contributed by atoms with Crippen molar-refractivity contribution in [3.05, 3.63) is 98.4 Å². The number of nitrogens with one attached hydrogen (secondary N) is 2. The van der Waals surface area contributed by atoms with Crippen LogP contribution in [0.25, 0.3) is 39.2 Å². The van der Waals surface area contributed by atoms with Crippen molar-refractivity contribution in [3.63, 3.8) is 0 Å². The number of carbonyl (C=O) groups excluding carboxylic acids is 2. The van der Waals surface area contributed by atoms with Crippen molar-refractivity contribution in [2.45, 2.75) is 25.4 Å². The second kappa shape index (κ2) is 14.5. The minimum absolute atomic E-state index is 0.0744. The number of amides is 1. The molecule has 0 aliphatic carbocycles. The van der Waals surface area contributed by atoms with Crippen molar-refractivity contribution in [2.24, 2.45) is 5.73 Å². The van der Waals surface area contributed by atoms with E-state index in [1.54, 1.807) is 25.4 Å². The Labute approximate surface area is 286 Å². The maximum atomic E-state index is 13.0. The molecule has 13 heteroatoms. The van der Waals surface area contributed by atoms with Crippen LogP contribution >= 0.6 is 23.2 Å². The van der Waals surface area contributed by atoms with Crippen LogP contribution in [0.5, 0.6) is 11.8 Å². The molecule has 1 aliphatic rings. The van der Waals surface area contributed by atoms with Crippen molar-refractivity contribution in [1.82, 2.24) is 25.0 Å². The van der Waals surface area contributed by atoms with Gasteiger partial charge in [-0.25, -0.2) is 4.98 Å². The van der Waals surface area contributed by atoms with Gasteiger partial charge in [0.2, 0.25) is 17.7 Å². The maximum absolute atomic E-state index is 13.0. The summed E-state index contributed by atoms with van der Waals surface area (Å²) in [5, 5.41) is 7.23. The fourth-order valence-corrected chi connectivity index (χ4v) is 6.37. The van der Waals surface area contributed by atoms with E-state index in [-0.39, 0.29) is 42.2 Å². The lowest BCUT2D eigenvalue weighted by molar-refractivity contribution is -0.119. The van der Waals surface area contributed by atoms with Crippen LogP contribution in [0.4, 0.5) is 0 Å². The quantitative estimate of drug-likeness (QED) is 0.155. The first kappa shape index (κ1) is 33.1. The predicted octanol–water partition coefficient (Wildman–Crippen LogP) is 4.92. The first-order chi connectivity index (χ1) is 23.3. The van der Waals surface area contributed by atoms with Crippen LogP contribution in [0.15, 0.2) is 71.7 Å². The Bertz CT molecular complexity index is 2090. The average Bonchev–Trinajstić information content (AvgIpc) is 3.52. The lowest BCUT2D eigenvalue weighted by atomic mass is 9.97. The molecule has 1 amide bonds. The third-order valence-corrected chi connectivity index (χ3v) is 8.92. The van der Waals surface area contributed by atoms with Crippen LogP contribution in [0, 0.1) is 0 Å². The summed E-state index contributed by atoms with van der Waals surface area (Å²) >= 11 is 14.1. The monoisotopic (exact) mass is 686 g/mol. The van der Waals surface area contributed by atoms with Crippen LogP contribution in [-0.2, 0) is 11.3 Å². The summed E-state index contributed by atoms with van der Waals surface area (Å²) in [6, 6.07) is 18.7. The molecule has 0 bridgehead atoms. The van der Waals surface area contributed by atoms with Gasteiger partial charge in [-0.2, -0.15) is 4.98 Å². The molecule has 4 N–H and O–H groups in total. The van der Waals surface area contributed by atoms with Crippen LogP contribution in [0.3, 0.4) is 0 Å². The van der Waals surface area contributed by atoms with Crippen molar-refractivity contribution in [1.29, 1.82) is 0 Å². The van der Waals surface area contributed by atoms with Gasteiger partial charge in [-0.3, -0.25) is 18.8 Å². The van der Waals surface area contributed by atoms with Gasteiger partial charge in [0.25, 0.3) is 5.56 Å². The molecule has 5 aromatic rings. The first-order valence-corrected chi connectivity index (χ1v) is 16.0. The summed E-state index contributed by atoms with van der Waals surface area (Å²) in [4.78, 5) is 45.2. The van der Waals surface area contributed by atoms with Gasteiger partial charge in [-0.15, -0.1) is 0 Å². The number of nitrogens with two attached hydrogens (primary N) is 1. The zero-order chi connectivity index (χ0) is 33.8. The number of pyridine rings is 2. The van der Waals surface area contributed by atoms with E-state index in [0.29, 0.717) is 75.2 Å². The van der Waals surface area contributed by atoms with Gasteiger partial charge in [0.05, 0.1) is 22.8 Å². The minimum atomic E-state index is -0.550. The molecule has 1 saturated heterocycles. The smallest absolute Gasteiger partial charge is 0.272 e. The molecule has 246 valence electrons. The molecular formula is C35H32Cl2N6O5. The largest absolute Gasteiger partial charge is 0.481 e. The number of benzene rings is 2. The van der Waals surface area contributed by atoms with Gasteiger partial charge in [0, 0.05) is 66.1 Å². The molecule has 1 atom stereocenters. The normalized spacial score (nSPS) is 14.2. The van der Waals surface area contributed by atoms with Gasteiger partial charge >= 0.3 is 0 Å². The van der Waals surface area contributed by atoms with E-state index in [1.165, 1.54) is 4.40 Å². The fraction of sp³-hybridized carbons (Fsp3) is 0.229. The molecule has 1 aliphatic heterocycles. The Balaban J connectivity index is 1.31. The number of hydrogen-bond donors (Lipinski definition) is 3. The summed E-state index contributed by atoms with van der Waals surface area (Å²) < 4.78 is 12.4. The van der Waals surface area contributed by atoms with Crippen LogP contribution in [0.2, 0.25) is 10.0 Å². The molecule has 0 radical (unpaired) electrons. The predicted molar refractivity (Wildman–Crippen MR) is 185 cm³/mol. The number of ether oxygens (including phenoxy) is 2. The zero-order valence-corrected chi connectivity index (χ0v) is 27.5. The van der Waals surface area contributed by atoms with Crippen molar-refractivity contribution < 1.29 is 19.1 Å². The number of methoxy groups -OCH3 is 1. The summed E-state index contributed by atoms with van der Waals surface area (Å²) in [6.07, 6.45) is 3.35. The van der Waals surface area contributed by atoms with E-state index in [9.17, 15) is 14.4 Å². The molecule has 0 spiro atoms. The summed E-state index contributed by atoms with van der Waals surface area (Å²) in [6.45, 7) is 1.48. The number of fused-ring (bicyclic) bond motifs is 1. The second-order valence-corrected chi connectivity index (χ2v) is 11.9. The van der Waals surface area contributed by atoms with Crippen molar-refractivity contribution >= 4 is 41.0 Å². The molecule has 11 nitrogen and oxygen atoms in total. The van der Waals surface area contributed by atoms with Gasteiger partial charge in [-0.05, 0) is 30.2 Å². The Morgan fingerprint density at radius 3 is 2.42 bits per heavy atom. The highest BCUT2D eigenvalue weighted by Crippen LogP contribution is 2.42. The van der Waals surface area contributed by atoms with Gasteiger partial charge in [0.1, 0.15) is 17.8 Å². The van der Waals surface area contributed by atoms with Gasteiger partial charge in [-0.1, -0.05) is 65.7 Å². The fourth-order valence-electron chi connectivity index (χ4n) is 5.71. The third kappa shape index (κ3) is 6.63. The summed E-state index contributed by atoms with van der Waals surface area (Å²) in [5.74, 6) is 0.479. The highest BCUT2D eigenvalue weighted by atomic mass is 35.5. The van der Waals surface area contributed by atoms with E-state index in [1.807, 2.05) is 48.5 Å². The van der Waals surface area contributed by atoms with Gasteiger partial charge in [0.15, 0.2) is 6.29 Å². The molecular weight excluding hydrogens is 655 g/mol. The Morgan fingerprint density at radius 1 is 1.00 bits per heavy atom. The molecule has 0 saturated carbocycles. The number of aromatic nitrogens is 3. The molecule has 1 unspecified atom stereocenters. The molecule has 6 rings (SSSR count).